The van der Waals surface area contributed by atoms with Gasteiger partial charge in [0.25, 0.3) is 0 Å². The summed E-state index contributed by atoms with van der Waals surface area (Å²) in [6, 6.07) is 9.31. The Bertz CT molecular complexity index is 2870. The quantitative estimate of drug-likeness (QED) is 0.0457. The van der Waals surface area contributed by atoms with Crippen molar-refractivity contribution < 1.29 is 136 Å². The van der Waals surface area contributed by atoms with E-state index in [1.165, 1.54) is 27.2 Å². The number of carbonyl (C=O) groups is 1. The summed E-state index contributed by atoms with van der Waals surface area (Å²) in [4.78, 5) is 13.7. The molecular weight excluding hydrogens is 1300 g/mol. The van der Waals surface area contributed by atoms with E-state index in [9.17, 15) is 50.8 Å². The first-order valence-electron chi connectivity index (χ1n) is 35.3. The Kier molecular flexibility index (Phi) is 24.4. The van der Waals surface area contributed by atoms with E-state index in [0.717, 1.165) is 11.1 Å². The van der Waals surface area contributed by atoms with Crippen LogP contribution in [0.15, 0.2) is 48.1 Å². The molecule has 0 bridgehead atoms. The van der Waals surface area contributed by atoms with Crippen LogP contribution in [0.5, 0.6) is 0 Å². The third-order valence-corrected chi connectivity index (χ3v) is 24.2. The van der Waals surface area contributed by atoms with E-state index in [4.69, 9.17) is 85.3 Å². The van der Waals surface area contributed by atoms with Gasteiger partial charge in [-0.3, -0.25) is 0 Å². The van der Waals surface area contributed by atoms with E-state index in [-0.39, 0.29) is 44.6 Å². The van der Waals surface area contributed by atoms with E-state index in [1.54, 1.807) is 48.2 Å². The molecule has 99 heavy (non-hydrogen) atoms. The minimum Gasteiger partial charge on any atom is -0.458 e. The van der Waals surface area contributed by atoms with Gasteiger partial charge in [0.05, 0.1) is 79.2 Å². The second-order valence-electron chi connectivity index (χ2n) is 29.6. The van der Waals surface area contributed by atoms with Crippen molar-refractivity contribution in [3.8, 4) is 0 Å². The van der Waals surface area contributed by atoms with Gasteiger partial charge in [-0.1, -0.05) is 55.8 Å². The molecule has 28 nitrogen and oxygen atoms in total. The number of aliphatic hydroxyl groups is 9. The van der Waals surface area contributed by atoms with Crippen molar-refractivity contribution in [3.05, 3.63) is 53.6 Å². The minimum absolute atomic E-state index is 0.00682. The maximum absolute atomic E-state index is 13.7. The lowest BCUT2D eigenvalue weighted by Gasteiger charge is -2.67. The Labute approximate surface area is 579 Å². The Morgan fingerprint density at radius 2 is 1.06 bits per heavy atom. The highest BCUT2D eigenvalue weighted by Gasteiger charge is 2.81. The Hall–Kier alpha value is -2.87. The number of hydrogen-bond donors (Lipinski definition) is 9. The molecule has 0 aromatic heterocycles. The number of hydrogen-bond acceptors (Lipinski definition) is 28. The third-order valence-electron chi connectivity index (χ3n) is 24.2. The fourth-order valence-corrected chi connectivity index (χ4v) is 18.4. The van der Waals surface area contributed by atoms with Crippen LogP contribution in [0.4, 0.5) is 0 Å². The Morgan fingerprint density at radius 1 is 0.576 bits per heavy atom. The smallest absolute Gasteiger partial charge is 0.331 e. The monoisotopic (exact) mass is 1410 g/mol. The van der Waals surface area contributed by atoms with Crippen molar-refractivity contribution in [2.45, 2.75) is 321 Å². The number of methoxy groups -OCH3 is 5. The number of benzene rings is 1. The van der Waals surface area contributed by atoms with Crippen LogP contribution in [0.1, 0.15) is 132 Å². The van der Waals surface area contributed by atoms with Gasteiger partial charge in [0, 0.05) is 73.2 Å². The summed E-state index contributed by atoms with van der Waals surface area (Å²) in [7, 11) is 7.71. The van der Waals surface area contributed by atoms with Crippen molar-refractivity contribution in [1.82, 2.24) is 0 Å². The summed E-state index contributed by atoms with van der Waals surface area (Å²) >= 11 is 0. The molecule has 6 heterocycles. The van der Waals surface area contributed by atoms with Crippen LogP contribution in [0, 0.1) is 16.7 Å². The minimum atomic E-state index is -1.94. The Morgan fingerprint density at radius 3 is 1.56 bits per heavy atom. The molecule has 35 unspecified atom stereocenters. The van der Waals surface area contributed by atoms with Crippen molar-refractivity contribution >= 4 is 12.0 Å². The summed E-state index contributed by atoms with van der Waals surface area (Å²) in [5.74, 6) is -1.24. The van der Waals surface area contributed by atoms with E-state index in [1.807, 2.05) is 57.2 Å². The molecule has 6 aliphatic heterocycles. The van der Waals surface area contributed by atoms with Crippen LogP contribution in [0.25, 0.3) is 6.08 Å². The lowest BCUT2D eigenvalue weighted by Crippen LogP contribution is -2.78. The number of esters is 1. The molecule has 28 heteroatoms. The standard InChI is InChI=1S/C71H110O28/c1-34-59(43(82-9)28-51(87-34)92-42-22-23-67(7)41(27-42)21-24-70(80)48(67)32-49(94-50(74)20-19-40-17-15-14-16-18-40)68(8)69(79,39(6)73)25-26-71(68,70)81)95-52-29-44(83-10)60(35(2)88-52)96-53-30-45(84-11)62(37(4)89-53)99-66-58(78)64(86-13)63(38(5)91-66)97-54-31-46(85-12)61(36(3)90-54)98-65-57(77)56(76)55(75)47(33-72)93-65/h14-21,34-39,42-49,51-66,72-73,75-81H,22-33H2,1-13H3. The molecule has 0 radical (unpaired) electrons. The maximum atomic E-state index is 13.7. The van der Waals surface area contributed by atoms with Gasteiger partial charge in [0.15, 0.2) is 37.7 Å². The van der Waals surface area contributed by atoms with Gasteiger partial charge in [-0.25, -0.2) is 4.79 Å². The van der Waals surface area contributed by atoms with Gasteiger partial charge in [0.1, 0.15) is 90.1 Å². The van der Waals surface area contributed by atoms with Crippen LogP contribution in [-0.4, -0.2) is 289 Å². The zero-order chi connectivity index (χ0) is 71.4. The molecule has 10 aliphatic rings. The van der Waals surface area contributed by atoms with Crippen LogP contribution >= 0.6 is 0 Å². The molecule has 0 spiro atoms. The first kappa shape index (κ1) is 77.2. The molecule has 4 aliphatic carbocycles. The molecule has 9 fully saturated rings. The van der Waals surface area contributed by atoms with Gasteiger partial charge in [-0.05, 0) is 104 Å². The fourth-order valence-electron chi connectivity index (χ4n) is 18.4. The van der Waals surface area contributed by atoms with E-state index in [0.29, 0.717) is 32.1 Å². The average Bonchev–Trinajstić information content (AvgIpc) is 1.59. The normalized spacial score (nSPS) is 49.8. The number of fused-ring (bicyclic) bond motifs is 5. The second-order valence-corrected chi connectivity index (χ2v) is 29.6. The van der Waals surface area contributed by atoms with Gasteiger partial charge >= 0.3 is 5.97 Å². The first-order valence-corrected chi connectivity index (χ1v) is 35.3. The van der Waals surface area contributed by atoms with Crippen molar-refractivity contribution in [1.29, 1.82) is 0 Å². The molecule has 562 valence electrons. The number of ether oxygens (including phenoxy) is 18. The lowest BCUT2D eigenvalue weighted by molar-refractivity contribution is -0.372. The largest absolute Gasteiger partial charge is 0.458 e. The zero-order valence-electron chi connectivity index (χ0n) is 59.2. The topological polar surface area (TPSA) is 365 Å². The summed E-state index contributed by atoms with van der Waals surface area (Å²) in [5.41, 5.74) is -5.98. The SMILES string of the molecule is COC1CC(OC2CCC3(C)C(=CCC4(O)C3CC(OC(=O)C=Cc3ccccc3)C3(C)C(O)(C(C)O)CCC43O)C2)OC(C)C1OC1CC(OC)C(OC2CC(OC)C(OC3OC(C)C(OC4CC(OC)C(OC5OC(CO)C(O)C(O)C5O)C(C)O4)C(OC)C3O)C(C)O2)C(C)O1. The number of carbonyl (C=O) groups excluding carboxylic acids is 1. The molecule has 1 aromatic rings. The molecule has 3 saturated carbocycles. The Balaban J connectivity index is 0.660. The van der Waals surface area contributed by atoms with Crippen LogP contribution in [-0.2, 0) is 90.1 Å². The van der Waals surface area contributed by atoms with E-state index >= 15 is 0 Å². The molecule has 1 aromatic carbocycles. The fraction of sp³-hybridized carbons (Fsp3) is 0.845. The predicted octanol–water partition coefficient (Wildman–Crippen LogP) is 2.36. The van der Waals surface area contributed by atoms with Gasteiger partial charge in [-0.2, -0.15) is 0 Å². The number of rotatable bonds is 22. The van der Waals surface area contributed by atoms with Crippen molar-refractivity contribution in [2.75, 3.05) is 42.2 Å². The summed E-state index contributed by atoms with van der Waals surface area (Å²) in [5, 5.41) is 103. The van der Waals surface area contributed by atoms with Gasteiger partial charge in [-0.15, -0.1) is 0 Å². The van der Waals surface area contributed by atoms with Crippen molar-refractivity contribution in [2.24, 2.45) is 16.7 Å². The summed E-state index contributed by atoms with van der Waals surface area (Å²) in [6.45, 7) is 13.7. The lowest BCUT2D eigenvalue weighted by atomic mass is 9.42. The summed E-state index contributed by atoms with van der Waals surface area (Å²) < 4.78 is 113. The third kappa shape index (κ3) is 14.6. The molecular formula is C71H110O28. The molecule has 11 rings (SSSR count). The predicted molar refractivity (Wildman–Crippen MR) is 345 cm³/mol. The van der Waals surface area contributed by atoms with Gasteiger partial charge in [0.2, 0.25) is 0 Å². The van der Waals surface area contributed by atoms with E-state index < -0.39 is 218 Å². The zero-order valence-corrected chi connectivity index (χ0v) is 59.2. The highest BCUT2D eigenvalue weighted by atomic mass is 16.8. The second kappa shape index (κ2) is 31.3. The highest BCUT2D eigenvalue weighted by Crippen LogP contribution is 2.71. The molecule has 35 atom stereocenters. The average molecular weight is 1410 g/mol. The van der Waals surface area contributed by atoms with Crippen LogP contribution in [0.3, 0.4) is 0 Å². The molecule has 6 saturated heterocycles. The highest BCUT2D eigenvalue weighted by molar-refractivity contribution is 5.87. The number of aliphatic hydroxyl groups excluding tert-OH is 6. The van der Waals surface area contributed by atoms with Gasteiger partial charge < -0.3 is 131 Å². The molecule has 0 amide bonds. The summed E-state index contributed by atoms with van der Waals surface area (Å²) in [6.07, 6.45) is -17.7. The van der Waals surface area contributed by atoms with Crippen LogP contribution < -0.4 is 0 Å². The van der Waals surface area contributed by atoms with Crippen LogP contribution in [0.2, 0.25) is 0 Å². The van der Waals surface area contributed by atoms with E-state index in [2.05, 4.69) is 6.92 Å². The van der Waals surface area contributed by atoms with Crippen molar-refractivity contribution in [3.63, 3.8) is 0 Å². The molecule has 9 N–H and O–H groups in total. The maximum Gasteiger partial charge on any atom is 0.331 e. The first-order chi connectivity index (χ1) is 47.0.